The Morgan fingerprint density at radius 2 is 2.06 bits per heavy atom. The summed E-state index contributed by atoms with van der Waals surface area (Å²) in [6, 6.07) is 6.23. The second-order valence-corrected chi connectivity index (χ2v) is 5.38. The van der Waals surface area contributed by atoms with Crippen LogP contribution in [-0.2, 0) is 6.54 Å². The van der Waals surface area contributed by atoms with Crippen molar-refractivity contribution >= 4 is 11.6 Å². The van der Waals surface area contributed by atoms with Gasteiger partial charge in [-0.3, -0.25) is 0 Å². The normalized spacial score (nSPS) is 13.1. The Balaban J connectivity index is 2.50. The fourth-order valence-corrected chi connectivity index (χ4v) is 2.00. The molecular weight excluding hydrogens is 234 g/mol. The molecule has 0 spiro atoms. The molecule has 0 aliphatic carbocycles. The maximum absolute atomic E-state index is 9.26. The molecule has 0 bridgehead atoms. The predicted octanol–water partition coefficient (Wildman–Crippen LogP) is 3.15. The van der Waals surface area contributed by atoms with Gasteiger partial charge in [0.05, 0.1) is 6.61 Å². The summed E-state index contributed by atoms with van der Waals surface area (Å²) in [5.41, 5.74) is 2.25. The summed E-state index contributed by atoms with van der Waals surface area (Å²) in [6.45, 7) is 7.24. The van der Waals surface area contributed by atoms with Gasteiger partial charge in [0.15, 0.2) is 0 Å². The van der Waals surface area contributed by atoms with Gasteiger partial charge in [0, 0.05) is 17.6 Å². The van der Waals surface area contributed by atoms with Crippen molar-refractivity contribution in [2.75, 3.05) is 6.61 Å². The molecule has 1 rings (SSSR count). The van der Waals surface area contributed by atoms with Crippen molar-refractivity contribution < 1.29 is 5.11 Å². The molecule has 0 aliphatic rings. The minimum atomic E-state index is 0.162. The Hall–Kier alpha value is -0.570. The van der Waals surface area contributed by atoms with Crippen LogP contribution in [0.3, 0.4) is 0 Å². The molecule has 0 saturated carbocycles. The summed E-state index contributed by atoms with van der Waals surface area (Å²) in [5, 5.41) is 13.4. The molecule has 0 radical (unpaired) electrons. The van der Waals surface area contributed by atoms with Gasteiger partial charge >= 0.3 is 0 Å². The molecule has 2 N–H and O–H groups in total. The molecule has 0 saturated heterocycles. The summed E-state index contributed by atoms with van der Waals surface area (Å²) in [4.78, 5) is 0. The van der Waals surface area contributed by atoms with Crippen molar-refractivity contribution in [1.82, 2.24) is 5.32 Å². The van der Waals surface area contributed by atoms with Crippen LogP contribution in [-0.4, -0.2) is 17.8 Å². The van der Waals surface area contributed by atoms with Crippen molar-refractivity contribution in [2.45, 2.75) is 39.8 Å². The number of nitrogens with one attached hydrogen (secondary N) is 1. The van der Waals surface area contributed by atoms with Crippen LogP contribution in [0, 0.1) is 12.8 Å². The number of benzene rings is 1. The number of hydrogen-bond donors (Lipinski definition) is 2. The van der Waals surface area contributed by atoms with Gasteiger partial charge in [-0.2, -0.15) is 0 Å². The van der Waals surface area contributed by atoms with Crippen LogP contribution in [0.5, 0.6) is 0 Å². The Kier molecular flexibility index (Phi) is 5.96. The molecule has 0 aliphatic heterocycles. The maximum atomic E-state index is 9.26. The Bertz CT molecular complexity index is 352. The van der Waals surface area contributed by atoms with Crippen LogP contribution < -0.4 is 5.32 Å². The third-order valence-corrected chi connectivity index (χ3v) is 3.21. The molecule has 0 fully saturated rings. The highest BCUT2D eigenvalue weighted by atomic mass is 35.5. The van der Waals surface area contributed by atoms with E-state index in [0.717, 1.165) is 29.1 Å². The van der Waals surface area contributed by atoms with E-state index in [1.54, 1.807) is 0 Å². The highest BCUT2D eigenvalue weighted by Gasteiger charge is 2.09. The summed E-state index contributed by atoms with van der Waals surface area (Å²) in [5.74, 6) is 0.584. The van der Waals surface area contributed by atoms with E-state index in [4.69, 9.17) is 11.6 Å². The fourth-order valence-electron chi connectivity index (χ4n) is 1.80. The number of halogens is 1. The first-order valence-corrected chi connectivity index (χ1v) is 6.50. The van der Waals surface area contributed by atoms with Gasteiger partial charge in [-0.15, -0.1) is 0 Å². The first-order valence-electron chi connectivity index (χ1n) is 6.12. The van der Waals surface area contributed by atoms with E-state index in [1.807, 2.05) is 19.1 Å². The van der Waals surface area contributed by atoms with Gasteiger partial charge in [-0.05, 0) is 36.5 Å². The second kappa shape index (κ2) is 7.00. The molecule has 17 heavy (non-hydrogen) atoms. The van der Waals surface area contributed by atoms with Gasteiger partial charge in [-0.25, -0.2) is 0 Å². The topological polar surface area (TPSA) is 32.3 Å². The van der Waals surface area contributed by atoms with Crippen LogP contribution in [0.2, 0.25) is 5.02 Å². The lowest BCUT2D eigenvalue weighted by atomic mass is 10.0. The molecule has 1 aromatic carbocycles. The zero-order valence-electron chi connectivity index (χ0n) is 10.8. The van der Waals surface area contributed by atoms with E-state index in [0.29, 0.717) is 5.92 Å². The van der Waals surface area contributed by atoms with E-state index in [-0.39, 0.29) is 12.6 Å². The van der Waals surface area contributed by atoms with Gasteiger partial charge in [0.1, 0.15) is 0 Å². The SMILES string of the molecule is Cc1ccc(CNC(CO)CC(C)C)cc1Cl. The number of aryl methyl sites for hydroxylation is 1. The molecular formula is C14H22ClNO. The van der Waals surface area contributed by atoms with Gasteiger partial charge in [0.2, 0.25) is 0 Å². The van der Waals surface area contributed by atoms with E-state index in [1.165, 1.54) is 0 Å². The summed E-state index contributed by atoms with van der Waals surface area (Å²) in [7, 11) is 0. The average Bonchev–Trinajstić information content (AvgIpc) is 2.28. The predicted molar refractivity (Wildman–Crippen MR) is 73.4 cm³/mol. The van der Waals surface area contributed by atoms with Crippen LogP contribution in [0.4, 0.5) is 0 Å². The average molecular weight is 256 g/mol. The molecule has 0 heterocycles. The largest absolute Gasteiger partial charge is 0.395 e. The van der Waals surface area contributed by atoms with Gasteiger partial charge in [0.25, 0.3) is 0 Å². The van der Waals surface area contributed by atoms with E-state index < -0.39 is 0 Å². The molecule has 2 nitrogen and oxygen atoms in total. The molecule has 0 amide bonds. The van der Waals surface area contributed by atoms with Crippen LogP contribution in [0.1, 0.15) is 31.4 Å². The third-order valence-electron chi connectivity index (χ3n) is 2.81. The standard InChI is InChI=1S/C14H22ClNO/c1-10(2)6-13(9-17)16-8-12-5-4-11(3)14(15)7-12/h4-5,7,10,13,16-17H,6,8-9H2,1-3H3. The number of aliphatic hydroxyl groups excluding tert-OH is 1. The minimum Gasteiger partial charge on any atom is -0.395 e. The summed E-state index contributed by atoms with van der Waals surface area (Å²) >= 11 is 6.07. The lowest BCUT2D eigenvalue weighted by Crippen LogP contribution is -2.33. The van der Waals surface area contributed by atoms with Crippen LogP contribution in [0.25, 0.3) is 0 Å². The highest BCUT2D eigenvalue weighted by molar-refractivity contribution is 6.31. The van der Waals surface area contributed by atoms with Crippen molar-refractivity contribution in [1.29, 1.82) is 0 Å². The lowest BCUT2D eigenvalue weighted by molar-refractivity contribution is 0.223. The Morgan fingerprint density at radius 1 is 1.35 bits per heavy atom. The van der Waals surface area contributed by atoms with Crippen molar-refractivity contribution in [3.63, 3.8) is 0 Å². The maximum Gasteiger partial charge on any atom is 0.0584 e. The highest BCUT2D eigenvalue weighted by Crippen LogP contribution is 2.16. The van der Waals surface area contributed by atoms with Crippen LogP contribution >= 0.6 is 11.6 Å². The third kappa shape index (κ3) is 5.07. The first kappa shape index (κ1) is 14.5. The van der Waals surface area contributed by atoms with E-state index >= 15 is 0 Å². The second-order valence-electron chi connectivity index (χ2n) is 4.97. The monoisotopic (exact) mass is 255 g/mol. The zero-order valence-corrected chi connectivity index (χ0v) is 11.6. The van der Waals surface area contributed by atoms with Gasteiger partial charge in [-0.1, -0.05) is 37.6 Å². The molecule has 0 aromatic heterocycles. The number of rotatable bonds is 6. The number of hydrogen-bond acceptors (Lipinski definition) is 2. The smallest absolute Gasteiger partial charge is 0.0584 e. The first-order chi connectivity index (χ1) is 8.02. The Labute approximate surface area is 109 Å². The zero-order chi connectivity index (χ0) is 12.8. The number of aliphatic hydroxyl groups is 1. The summed E-state index contributed by atoms with van der Waals surface area (Å²) < 4.78 is 0. The fraction of sp³-hybridized carbons (Fsp3) is 0.571. The van der Waals surface area contributed by atoms with Crippen molar-refractivity contribution in [3.05, 3.63) is 34.3 Å². The quantitative estimate of drug-likeness (QED) is 0.819. The van der Waals surface area contributed by atoms with Crippen LogP contribution in [0.15, 0.2) is 18.2 Å². The minimum absolute atomic E-state index is 0.162. The van der Waals surface area contributed by atoms with Crippen molar-refractivity contribution in [3.8, 4) is 0 Å². The molecule has 1 atom stereocenters. The molecule has 96 valence electrons. The summed E-state index contributed by atoms with van der Waals surface area (Å²) in [6.07, 6.45) is 0.982. The molecule has 1 unspecified atom stereocenters. The molecule has 3 heteroatoms. The molecule has 1 aromatic rings. The van der Waals surface area contributed by atoms with Crippen molar-refractivity contribution in [2.24, 2.45) is 5.92 Å². The lowest BCUT2D eigenvalue weighted by Gasteiger charge is -2.18. The van der Waals surface area contributed by atoms with E-state index in [2.05, 4.69) is 25.2 Å². The van der Waals surface area contributed by atoms with Gasteiger partial charge < -0.3 is 10.4 Å². The van der Waals surface area contributed by atoms with E-state index in [9.17, 15) is 5.11 Å². The Morgan fingerprint density at radius 3 is 2.59 bits per heavy atom.